The van der Waals surface area contributed by atoms with Crippen LogP contribution in [0.15, 0.2) is 12.2 Å². The van der Waals surface area contributed by atoms with Gasteiger partial charge in [-0.15, -0.1) is 0 Å². The second-order valence-electron chi connectivity index (χ2n) is 4.58. The van der Waals surface area contributed by atoms with Gasteiger partial charge in [0.1, 0.15) is 0 Å². The Labute approximate surface area is 85.4 Å². The average Bonchev–Trinajstić information content (AvgIpc) is 2.64. The molecule has 3 heteroatoms. The number of fused-ring (bicyclic) bond motifs is 1. The Morgan fingerprint density at radius 3 is 3.14 bits per heavy atom. The van der Waals surface area contributed by atoms with Gasteiger partial charge in [0.05, 0.1) is 13.2 Å². The average molecular weight is 197 g/mol. The molecule has 2 atom stereocenters. The van der Waals surface area contributed by atoms with E-state index >= 15 is 0 Å². The van der Waals surface area contributed by atoms with Crippen LogP contribution in [-0.2, 0) is 4.74 Å². The first-order valence-electron chi connectivity index (χ1n) is 5.25. The summed E-state index contributed by atoms with van der Waals surface area (Å²) in [5.41, 5.74) is 1.25. The molecule has 3 nitrogen and oxygen atoms in total. The van der Waals surface area contributed by atoms with E-state index in [0.717, 1.165) is 32.4 Å². The number of hydrogen-bond acceptors (Lipinski definition) is 3. The number of ether oxygens (including phenoxy) is 1. The first-order chi connectivity index (χ1) is 6.72. The highest BCUT2D eigenvalue weighted by molar-refractivity contribution is 5.19. The van der Waals surface area contributed by atoms with Crippen LogP contribution in [0.5, 0.6) is 0 Å². The number of methoxy groups -OCH3 is 1. The van der Waals surface area contributed by atoms with Crippen LogP contribution in [-0.4, -0.2) is 48.5 Å². The van der Waals surface area contributed by atoms with Crippen molar-refractivity contribution in [1.29, 1.82) is 0 Å². The maximum absolute atomic E-state index is 9.51. The summed E-state index contributed by atoms with van der Waals surface area (Å²) in [5.74, 6) is 0. The van der Waals surface area contributed by atoms with Crippen LogP contribution in [0.4, 0.5) is 0 Å². The molecular formula is C11H19NO2. The number of aliphatic hydroxyl groups is 1. The minimum atomic E-state index is 0.000278. The molecule has 0 unspecified atom stereocenters. The second-order valence-corrected chi connectivity index (χ2v) is 4.58. The van der Waals surface area contributed by atoms with Gasteiger partial charge in [-0.25, -0.2) is 0 Å². The minimum absolute atomic E-state index is 0.000278. The molecule has 0 saturated carbocycles. The zero-order valence-electron chi connectivity index (χ0n) is 8.83. The zero-order chi connectivity index (χ0) is 10.2. The van der Waals surface area contributed by atoms with Gasteiger partial charge in [0.2, 0.25) is 0 Å². The van der Waals surface area contributed by atoms with Gasteiger partial charge in [-0.1, -0.05) is 12.2 Å². The highest BCUT2D eigenvalue weighted by Gasteiger charge is 2.49. The normalized spacial score (nSPS) is 37.9. The maximum Gasteiger partial charge on any atom is 0.0618 e. The van der Waals surface area contributed by atoms with E-state index in [4.69, 9.17) is 4.74 Å². The molecule has 0 amide bonds. The fraction of sp³-hybridized carbons (Fsp3) is 0.818. The van der Waals surface area contributed by atoms with Gasteiger partial charge < -0.3 is 9.84 Å². The van der Waals surface area contributed by atoms with Crippen LogP contribution in [0, 0.1) is 0 Å². The summed E-state index contributed by atoms with van der Waals surface area (Å²) in [5, 5.41) is 9.51. The Morgan fingerprint density at radius 1 is 1.71 bits per heavy atom. The van der Waals surface area contributed by atoms with E-state index in [9.17, 15) is 5.11 Å². The Bertz CT molecular complexity index is 241. The molecule has 1 N–H and O–H groups in total. The van der Waals surface area contributed by atoms with E-state index in [1.807, 2.05) is 0 Å². The molecule has 2 saturated heterocycles. The van der Waals surface area contributed by atoms with Crippen molar-refractivity contribution >= 4 is 0 Å². The van der Waals surface area contributed by atoms with E-state index in [2.05, 4.69) is 11.5 Å². The highest BCUT2D eigenvalue weighted by Crippen LogP contribution is 2.43. The highest BCUT2D eigenvalue weighted by atomic mass is 16.5. The lowest BCUT2D eigenvalue weighted by atomic mass is 9.94. The van der Waals surface area contributed by atoms with Crippen LogP contribution in [0.1, 0.15) is 19.3 Å². The van der Waals surface area contributed by atoms with Crippen molar-refractivity contribution in [3.63, 3.8) is 0 Å². The summed E-state index contributed by atoms with van der Waals surface area (Å²) in [7, 11) is 1.74. The first-order valence-corrected chi connectivity index (χ1v) is 5.25. The predicted octanol–water partition coefficient (Wildman–Crippen LogP) is 0.788. The summed E-state index contributed by atoms with van der Waals surface area (Å²) in [6, 6.07) is 0.478. The van der Waals surface area contributed by atoms with E-state index in [-0.39, 0.29) is 12.1 Å². The standard InChI is InChI=1S/C11H19NO2/c1-9-5-11(8-13)4-3-10(7-14-2)12(11)6-9/h10,13H,1,3-8H2,2H3/t10-,11+/m0/s1. The quantitative estimate of drug-likeness (QED) is 0.679. The number of rotatable bonds is 3. The SMILES string of the molecule is C=C1CN2[C@H](COC)CC[C@]2(CO)C1. The van der Waals surface area contributed by atoms with E-state index < -0.39 is 0 Å². The number of nitrogens with zero attached hydrogens (tertiary/aromatic N) is 1. The molecule has 0 spiro atoms. The van der Waals surface area contributed by atoms with Crippen LogP contribution in [0.3, 0.4) is 0 Å². The number of aliphatic hydroxyl groups excluding tert-OH is 1. The Balaban J connectivity index is 2.13. The van der Waals surface area contributed by atoms with Crippen molar-refractivity contribution in [1.82, 2.24) is 4.90 Å². The molecule has 2 aliphatic heterocycles. The predicted molar refractivity (Wildman–Crippen MR) is 55.2 cm³/mol. The molecule has 80 valence electrons. The van der Waals surface area contributed by atoms with Gasteiger partial charge in [-0.3, -0.25) is 4.90 Å². The van der Waals surface area contributed by atoms with Gasteiger partial charge >= 0.3 is 0 Å². The van der Waals surface area contributed by atoms with Gasteiger partial charge in [0.25, 0.3) is 0 Å². The zero-order valence-corrected chi connectivity index (χ0v) is 8.83. The summed E-state index contributed by atoms with van der Waals surface area (Å²) in [6.45, 7) is 6.00. The Hall–Kier alpha value is -0.380. The van der Waals surface area contributed by atoms with Gasteiger partial charge in [0.15, 0.2) is 0 Å². The first kappa shape index (κ1) is 10.1. The fourth-order valence-corrected chi connectivity index (χ4v) is 2.96. The molecule has 14 heavy (non-hydrogen) atoms. The topological polar surface area (TPSA) is 32.7 Å². The molecule has 2 fully saturated rings. The molecule has 0 aromatic carbocycles. The molecular weight excluding hydrogens is 178 g/mol. The summed E-state index contributed by atoms with van der Waals surface area (Å²) < 4.78 is 5.21. The van der Waals surface area contributed by atoms with Crippen molar-refractivity contribution in [2.75, 3.05) is 26.9 Å². The Morgan fingerprint density at radius 2 is 2.50 bits per heavy atom. The minimum Gasteiger partial charge on any atom is -0.394 e. The van der Waals surface area contributed by atoms with Crippen molar-refractivity contribution in [2.45, 2.75) is 30.8 Å². The molecule has 2 heterocycles. The van der Waals surface area contributed by atoms with E-state index in [0.29, 0.717) is 6.04 Å². The molecule has 0 radical (unpaired) electrons. The fourth-order valence-electron chi connectivity index (χ4n) is 2.96. The third-order valence-electron chi connectivity index (χ3n) is 3.62. The lowest BCUT2D eigenvalue weighted by Gasteiger charge is -2.32. The largest absolute Gasteiger partial charge is 0.394 e. The van der Waals surface area contributed by atoms with Crippen molar-refractivity contribution in [2.24, 2.45) is 0 Å². The maximum atomic E-state index is 9.51. The number of hydrogen-bond donors (Lipinski definition) is 1. The second kappa shape index (κ2) is 3.65. The van der Waals surface area contributed by atoms with E-state index in [1.165, 1.54) is 5.57 Å². The summed E-state index contributed by atoms with van der Waals surface area (Å²) in [6.07, 6.45) is 3.18. The lowest BCUT2D eigenvalue weighted by molar-refractivity contribution is 0.0477. The molecule has 0 aromatic rings. The summed E-state index contributed by atoms with van der Waals surface area (Å²) >= 11 is 0. The van der Waals surface area contributed by atoms with Gasteiger partial charge in [-0.05, 0) is 19.3 Å². The molecule has 2 aliphatic rings. The molecule has 0 aromatic heterocycles. The monoisotopic (exact) mass is 197 g/mol. The van der Waals surface area contributed by atoms with Crippen LogP contribution >= 0.6 is 0 Å². The van der Waals surface area contributed by atoms with Gasteiger partial charge in [-0.2, -0.15) is 0 Å². The van der Waals surface area contributed by atoms with Crippen LogP contribution < -0.4 is 0 Å². The van der Waals surface area contributed by atoms with Crippen molar-refractivity contribution in [3.8, 4) is 0 Å². The molecule has 0 aliphatic carbocycles. The third kappa shape index (κ3) is 1.40. The summed E-state index contributed by atoms with van der Waals surface area (Å²) in [4.78, 5) is 2.39. The van der Waals surface area contributed by atoms with Crippen molar-refractivity contribution in [3.05, 3.63) is 12.2 Å². The molecule has 0 bridgehead atoms. The smallest absolute Gasteiger partial charge is 0.0618 e. The van der Waals surface area contributed by atoms with Crippen LogP contribution in [0.2, 0.25) is 0 Å². The van der Waals surface area contributed by atoms with Crippen LogP contribution in [0.25, 0.3) is 0 Å². The van der Waals surface area contributed by atoms with E-state index in [1.54, 1.807) is 7.11 Å². The van der Waals surface area contributed by atoms with Crippen molar-refractivity contribution < 1.29 is 9.84 Å². The Kier molecular flexibility index (Phi) is 2.64. The third-order valence-corrected chi connectivity index (χ3v) is 3.62. The molecule has 2 rings (SSSR count). The van der Waals surface area contributed by atoms with Gasteiger partial charge in [0, 0.05) is 25.2 Å². The lowest BCUT2D eigenvalue weighted by Crippen LogP contribution is -2.46.